The first kappa shape index (κ1) is 10.2. The van der Waals surface area contributed by atoms with Crippen LogP contribution in [0, 0.1) is 0 Å². The first-order valence-electron chi connectivity index (χ1n) is 4.48. The Morgan fingerprint density at radius 2 is 2.07 bits per heavy atom. The Morgan fingerprint density at radius 1 is 1.43 bits per heavy atom. The van der Waals surface area contributed by atoms with Gasteiger partial charge in [-0.1, -0.05) is 0 Å². The van der Waals surface area contributed by atoms with E-state index in [1.807, 2.05) is 0 Å². The molecule has 0 atom stereocenters. The van der Waals surface area contributed by atoms with Crippen molar-refractivity contribution in [2.75, 3.05) is 11.5 Å². The Bertz CT molecular complexity index is 412. The average molecular weight is 279 g/mol. The smallest absolute Gasteiger partial charge is 0.150 e. The number of imidazole rings is 1. The number of nitrogens with one attached hydrogen (secondary N) is 1. The Labute approximate surface area is 91.2 Å². The van der Waals surface area contributed by atoms with Crippen LogP contribution in [0.1, 0.15) is 24.6 Å². The molecule has 1 aliphatic rings. The van der Waals surface area contributed by atoms with Crippen molar-refractivity contribution in [2.24, 2.45) is 0 Å². The summed E-state index contributed by atoms with van der Waals surface area (Å²) in [6, 6.07) is 0. The fraction of sp³-hybridized carbons (Fsp3) is 0.625. The summed E-state index contributed by atoms with van der Waals surface area (Å²) in [5, 5.41) is 0. The molecule has 0 spiro atoms. The van der Waals surface area contributed by atoms with Crippen molar-refractivity contribution < 1.29 is 8.42 Å². The molecular formula is C8H11BrN2O2S. The zero-order valence-electron chi connectivity index (χ0n) is 7.53. The van der Waals surface area contributed by atoms with Gasteiger partial charge in [-0.15, -0.1) is 0 Å². The third-order valence-electron chi connectivity index (χ3n) is 2.51. The van der Waals surface area contributed by atoms with Crippen molar-refractivity contribution in [3.8, 4) is 0 Å². The summed E-state index contributed by atoms with van der Waals surface area (Å²) in [7, 11) is -2.77. The summed E-state index contributed by atoms with van der Waals surface area (Å²) < 4.78 is 23.2. The van der Waals surface area contributed by atoms with Gasteiger partial charge in [0.1, 0.15) is 20.3 Å². The summed E-state index contributed by atoms with van der Waals surface area (Å²) in [6.07, 6.45) is 3.07. The first-order chi connectivity index (χ1) is 6.57. The predicted octanol–water partition coefficient (Wildman–Crippen LogP) is 1.46. The average Bonchev–Trinajstić information content (AvgIpc) is 2.52. The number of nitrogens with zero attached hydrogens (tertiary/aromatic N) is 1. The van der Waals surface area contributed by atoms with Crippen molar-refractivity contribution in [3.05, 3.63) is 16.6 Å². The van der Waals surface area contributed by atoms with Crippen molar-refractivity contribution in [1.29, 1.82) is 0 Å². The monoisotopic (exact) mass is 278 g/mol. The predicted molar refractivity (Wildman–Crippen MR) is 56.9 cm³/mol. The van der Waals surface area contributed by atoms with Gasteiger partial charge in [-0.25, -0.2) is 13.4 Å². The van der Waals surface area contributed by atoms with Gasteiger partial charge in [0, 0.05) is 5.92 Å². The number of sulfone groups is 1. The van der Waals surface area contributed by atoms with E-state index >= 15 is 0 Å². The molecule has 6 heteroatoms. The van der Waals surface area contributed by atoms with E-state index in [1.54, 1.807) is 6.20 Å². The zero-order chi connectivity index (χ0) is 10.2. The maximum absolute atomic E-state index is 11.2. The Balaban J connectivity index is 2.09. The van der Waals surface area contributed by atoms with Crippen molar-refractivity contribution in [3.63, 3.8) is 0 Å². The van der Waals surface area contributed by atoms with E-state index in [-0.39, 0.29) is 17.4 Å². The lowest BCUT2D eigenvalue weighted by atomic mass is 10.0. The van der Waals surface area contributed by atoms with Crippen LogP contribution in [0.3, 0.4) is 0 Å². The fourth-order valence-corrected chi connectivity index (χ4v) is 3.48. The minimum Gasteiger partial charge on any atom is -0.337 e. The largest absolute Gasteiger partial charge is 0.337 e. The van der Waals surface area contributed by atoms with Gasteiger partial charge in [-0.3, -0.25) is 0 Å². The minimum absolute atomic E-state index is 0.268. The molecule has 1 aliphatic heterocycles. The summed E-state index contributed by atoms with van der Waals surface area (Å²) in [4.78, 5) is 7.27. The molecule has 0 unspecified atom stereocenters. The number of rotatable bonds is 1. The Morgan fingerprint density at radius 3 is 2.57 bits per heavy atom. The number of aromatic amines is 1. The zero-order valence-corrected chi connectivity index (χ0v) is 9.94. The van der Waals surface area contributed by atoms with Crippen LogP contribution >= 0.6 is 15.9 Å². The molecule has 1 aromatic heterocycles. The van der Waals surface area contributed by atoms with Gasteiger partial charge in [0.05, 0.1) is 17.7 Å². The van der Waals surface area contributed by atoms with E-state index in [4.69, 9.17) is 0 Å². The van der Waals surface area contributed by atoms with Gasteiger partial charge in [0.15, 0.2) is 0 Å². The highest BCUT2D eigenvalue weighted by Crippen LogP contribution is 2.27. The van der Waals surface area contributed by atoms with E-state index in [2.05, 4.69) is 25.9 Å². The van der Waals surface area contributed by atoms with Gasteiger partial charge >= 0.3 is 0 Å². The van der Waals surface area contributed by atoms with Crippen LogP contribution in [-0.2, 0) is 9.84 Å². The van der Waals surface area contributed by atoms with Gasteiger partial charge in [0.2, 0.25) is 0 Å². The molecule has 2 rings (SSSR count). The molecule has 0 aliphatic carbocycles. The minimum atomic E-state index is -2.77. The number of aromatic nitrogens is 2. The molecule has 1 saturated heterocycles. The molecule has 0 aromatic carbocycles. The Hall–Kier alpha value is -0.360. The highest BCUT2D eigenvalue weighted by molar-refractivity contribution is 9.10. The molecule has 0 bridgehead atoms. The van der Waals surface area contributed by atoms with E-state index < -0.39 is 9.84 Å². The second-order valence-corrected chi connectivity index (χ2v) is 6.70. The van der Waals surface area contributed by atoms with E-state index in [9.17, 15) is 8.42 Å². The van der Waals surface area contributed by atoms with Gasteiger partial charge in [-0.05, 0) is 28.8 Å². The molecule has 0 saturated carbocycles. The second kappa shape index (κ2) is 3.66. The van der Waals surface area contributed by atoms with Crippen molar-refractivity contribution >= 4 is 25.8 Å². The second-order valence-electron chi connectivity index (χ2n) is 3.54. The molecule has 1 aromatic rings. The van der Waals surface area contributed by atoms with E-state index in [0.29, 0.717) is 12.8 Å². The standard InChI is InChI=1S/C8H11BrN2O2S/c9-7-5-10-8(11-7)6-1-3-14(12,13)4-2-6/h5-6H,1-4H2,(H,10,11). The van der Waals surface area contributed by atoms with Crippen LogP contribution < -0.4 is 0 Å². The van der Waals surface area contributed by atoms with Crippen molar-refractivity contribution in [1.82, 2.24) is 9.97 Å². The topological polar surface area (TPSA) is 62.8 Å². The first-order valence-corrected chi connectivity index (χ1v) is 7.09. The van der Waals surface area contributed by atoms with E-state index in [1.165, 1.54) is 0 Å². The lowest BCUT2D eigenvalue weighted by Gasteiger charge is -2.19. The summed E-state index contributed by atoms with van der Waals surface area (Å²) in [5.74, 6) is 1.74. The number of hydrogen-bond donors (Lipinski definition) is 1. The van der Waals surface area contributed by atoms with Crippen LogP contribution in [0.2, 0.25) is 0 Å². The van der Waals surface area contributed by atoms with Crippen molar-refractivity contribution in [2.45, 2.75) is 18.8 Å². The van der Waals surface area contributed by atoms with Crippen LogP contribution in [0.5, 0.6) is 0 Å². The Kier molecular flexibility index (Phi) is 2.66. The summed E-state index contributed by atoms with van der Waals surface area (Å²) in [5.41, 5.74) is 0. The van der Waals surface area contributed by atoms with Gasteiger partial charge < -0.3 is 4.98 Å². The van der Waals surface area contributed by atoms with Crippen LogP contribution in [0.25, 0.3) is 0 Å². The third kappa shape index (κ3) is 2.17. The quantitative estimate of drug-likeness (QED) is 0.846. The highest BCUT2D eigenvalue weighted by atomic mass is 79.9. The molecule has 4 nitrogen and oxygen atoms in total. The van der Waals surface area contributed by atoms with Gasteiger partial charge in [0.25, 0.3) is 0 Å². The number of H-pyrrole nitrogens is 1. The summed E-state index contributed by atoms with van der Waals surface area (Å²) >= 11 is 3.28. The van der Waals surface area contributed by atoms with Crippen LogP contribution in [-0.4, -0.2) is 29.9 Å². The molecular weight excluding hydrogens is 268 g/mol. The molecule has 0 radical (unpaired) electrons. The lowest BCUT2D eigenvalue weighted by molar-refractivity contribution is 0.539. The normalized spacial score (nSPS) is 22.4. The number of hydrogen-bond acceptors (Lipinski definition) is 3. The van der Waals surface area contributed by atoms with Gasteiger partial charge in [-0.2, -0.15) is 0 Å². The number of halogens is 1. The lowest BCUT2D eigenvalue weighted by Crippen LogP contribution is -2.22. The SMILES string of the molecule is O=S1(=O)CCC(c2ncc(Br)[nH]2)CC1. The van der Waals surface area contributed by atoms with E-state index in [0.717, 1.165) is 10.4 Å². The molecule has 2 heterocycles. The summed E-state index contributed by atoms with van der Waals surface area (Å²) in [6.45, 7) is 0. The highest BCUT2D eigenvalue weighted by Gasteiger charge is 2.26. The molecule has 0 amide bonds. The maximum atomic E-state index is 11.2. The molecule has 1 N–H and O–H groups in total. The molecule has 78 valence electrons. The van der Waals surface area contributed by atoms with Crippen LogP contribution in [0.15, 0.2) is 10.8 Å². The maximum Gasteiger partial charge on any atom is 0.150 e. The van der Waals surface area contributed by atoms with Crippen LogP contribution in [0.4, 0.5) is 0 Å². The molecule has 1 fully saturated rings. The third-order valence-corrected chi connectivity index (χ3v) is 4.62. The molecule has 14 heavy (non-hydrogen) atoms. The fourth-order valence-electron chi connectivity index (χ4n) is 1.68.